The van der Waals surface area contributed by atoms with Crippen molar-refractivity contribution < 1.29 is 32.5 Å². The number of hydrogen-bond acceptors (Lipinski definition) is 3. The van der Waals surface area contributed by atoms with Crippen LogP contribution in [-0.4, -0.2) is 34.2 Å². The number of alkyl halides is 5. The van der Waals surface area contributed by atoms with Gasteiger partial charge >= 0.3 is 12.5 Å². The fourth-order valence-electron chi connectivity index (χ4n) is 1.46. The second-order valence-electron chi connectivity index (χ2n) is 4.03. The van der Waals surface area contributed by atoms with Gasteiger partial charge < -0.3 is 14.9 Å². The predicted octanol–water partition coefficient (Wildman–Crippen LogP) is 3.10. The Bertz CT molecular complexity index is 431. The summed E-state index contributed by atoms with van der Waals surface area (Å²) in [6.07, 6.45) is -10.8. The van der Waals surface area contributed by atoms with E-state index >= 15 is 0 Å². The molecule has 0 aliphatic rings. The maximum absolute atomic E-state index is 12.8. The van der Waals surface area contributed by atoms with Gasteiger partial charge in [-0.25, -0.2) is 0 Å². The number of rotatable bonds is 7. The third-order valence-corrected chi connectivity index (χ3v) is 2.93. The van der Waals surface area contributed by atoms with Crippen molar-refractivity contribution in [2.75, 3.05) is 5.33 Å². The van der Waals surface area contributed by atoms with Crippen LogP contribution in [0.3, 0.4) is 0 Å². The fourth-order valence-corrected chi connectivity index (χ4v) is 1.92. The van der Waals surface area contributed by atoms with Crippen LogP contribution in [-0.2, 0) is 0 Å². The molecule has 0 spiro atoms. The molecule has 0 fully saturated rings. The van der Waals surface area contributed by atoms with Crippen molar-refractivity contribution in [3.63, 3.8) is 0 Å². The lowest BCUT2D eigenvalue weighted by Crippen LogP contribution is -2.33. The third kappa shape index (κ3) is 4.60. The van der Waals surface area contributed by atoms with E-state index in [2.05, 4.69) is 20.7 Å². The summed E-state index contributed by atoms with van der Waals surface area (Å²) in [4.78, 5) is 0. The first kappa shape index (κ1) is 17.2. The average Bonchev–Trinajstić information content (AvgIpc) is 2.37. The Morgan fingerprint density at radius 1 is 1.25 bits per heavy atom. The highest BCUT2D eigenvalue weighted by Crippen LogP contribution is 2.30. The van der Waals surface area contributed by atoms with Crippen LogP contribution in [0, 0.1) is 0 Å². The number of hydrogen-bond donors (Lipinski definition) is 2. The van der Waals surface area contributed by atoms with Crippen molar-refractivity contribution in [1.82, 2.24) is 0 Å². The molecule has 1 rings (SSSR count). The molecule has 0 saturated carbocycles. The predicted molar refractivity (Wildman–Crippen MR) is 67.4 cm³/mol. The highest BCUT2D eigenvalue weighted by atomic mass is 79.9. The Morgan fingerprint density at radius 3 is 2.45 bits per heavy atom. The van der Waals surface area contributed by atoms with Gasteiger partial charge in [0.25, 0.3) is 0 Å². The molecule has 0 aromatic heterocycles. The zero-order chi connectivity index (χ0) is 15.3. The molecule has 0 heterocycles. The lowest BCUT2D eigenvalue weighted by Gasteiger charge is -2.20. The Balaban J connectivity index is 2.85. The Labute approximate surface area is 121 Å². The molecular weight excluding hydrogens is 348 g/mol. The molecule has 20 heavy (non-hydrogen) atoms. The van der Waals surface area contributed by atoms with Crippen molar-refractivity contribution in [2.24, 2.45) is 0 Å². The van der Waals surface area contributed by atoms with Crippen LogP contribution in [0.25, 0.3) is 0 Å². The summed E-state index contributed by atoms with van der Waals surface area (Å²) in [5, 5.41) is 19.8. The second kappa shape index (κ2) is 7.24. The maximum atomic E-state index is 12.8. The molecule has 0 saturated heterocycles. The first-order chi connectivity index (χ1) is 9.27. The van der Waals surface area contributed by atoms with E-state index in [1.54, 1.807) is 0 Å². The van der Waals surface area contributed by atoms with Crippen molar-refractivity contribution in [3.05, 3.63) is 29.8 Å². The molecule has 1 aromatic carbocycles. The van der Waals surface area contributed by atoms with Gasteiger partial charge in [-0.1, -0.05) is 28.1 Å². The number of aliphatic hydroxyl groups is 2. The van der Waals surface area contributed by atoms with Crippen molar-refractivity contribution in [3.8, 4) is 5.75 Å². The van der Waals surface area contributed by atoms with Gasteiger partial charge in [0.15, 0.2) is 0 Å². The molecule has 114 valence electrons. The first-order valence-corrected chi connectivity index (χ1v) is 6.77. The standard InChI is InChI=1S/C12H13BrF4O3/c13-5-4-9(18)10(19)7-2-1-3-8(6-7)20-12(16,17)11(14)15/h1-3,6,9-11,18-19H,4-5H2. The van der Waals surface area contributed by atoms with Crippen LogP contribution in [0.1, 0.15) is 18.1 Å². The van der Waals surface area contributed by atoms with Gasteiger partial charge in [-0.2, -0.15) is 17.6 Å². The summed E-state index contributed by atoms with van der Waals surface area (Å²) in [5.41, 5.74) is 0.0982. The highest BCUT2D eigenvalue weighted by molar-refractivity contribution is 9.09. The summed E-state index contributed by atoms with van der Waals surface area (Å²) in [6.45, 7) is 0. The van der Waals surface area contributed by atoms with Gasteiger partial charge in [0, 0.05) is 5.33 Å². The zero-order valence-electron chi connectivity index (χ0n) is 10.1. The summed E-state index contributed by atoms with van der Waals surface area (Å²) in [5.74, 6) is -0.516. The lowest BCUT2D eigenvalue weighted by molar-refractivity contribution is -0.253. The van der Waals surface area contributed by atoms with Crippen molar-refractivity contribution >= 4 is 15.9 Å². The van der Waals surface area contributed by atoms with Gasteiger partial charge in [-0.3, -0.25) is 0 Å². The summed E-state index contributed by atoms with van der Waals surface area (Å²) in [6, 6.07) is 4.67. The van der Waals surface area contributed by atoms with E-state index < -0.39 is 30.5 Å². The molecule has 2 atom stereocenters. The molecule has 0 aliphatic carbocycles. The average molecular weight is 361 g/mol. The topological polar surface area (TPSA) is 49.7 Å². The Hall–Kier alpha value is -0.860. The van der Waals surface area contributed by atoms with E-state index in [4.69, 9.17) is 0 Å². The normalized spacial score (nSPS) is 15.2. The SMILES string of the molecule is OC(CCBr)C(O)c1cccc(OC(F)(F)C(F)F)c1. The lowest BCUT2D eigenvalue weighted by atomic mass is 10.0. The van der Waals surface area contributed by atoms with E-state index in [0.717, 1.165) is 12.1 Å². The first-order valence-electron chi connectivity index (χ1n) is 5.65. The van der Waals surface area contributed by atoms with E-state index in [1.165, 1.54) is 12.1 Å². The molecule has 3 nitrogen and oxygen atoms in total. The molecule has 0 radical (unpaired) electrons. The van der Waals surface area contributed by atoms with Crippen LogP contribution >= 0.6 is 15.9 Å². The zero-order valence-corrected chi connectivity index (χ0v) is 11.7. The van der Waals surface area contributed by atoms with Crippen molar-refractivity contribution in [1.29, 1.82) is 0 Å². The molecular formula is C12H13BrF4O3. The van der Waals surface area contributed by atoms with E-state index in [1.807, 2.05) is 0 Å². The summed E-state index contributed by atoms with van der Waals surface area (Å²) >= 11 is 3.08. The quantitative estimate of drug-likeness (QED) is 0.580. The summed E-state index contributed by atoms with van der Waals surface area (Å²) < 4.78 is 53.4. The minimum Gasteiger partial charge on any atom is -0.428 e. The molecule has 2 N–H and O–H groups in total. The van der Waals surface area contributed by atoms with E-state index in [0.29, 0.717) is 5.33 Å². The highest BCUT2D eigenvalue weighted by Gasteiger charge is 2.44. The monoisotopic (exact) mass is 360 g/mol. The van der Waals surface area contributed by atoms with E-state index in [9.17, 15) is 27.8 Å². The smallest absolute Gasteiger partial charge is 0.428 e. The number of ether oxygens (including phenoxy) is 1. The van der Waals surface area contributed by atoms with Gasteiger partial charge in [0.05, 0.1) is 6.10 Å². The molecule has 8 heteroatoms. The van der Waals surface area contributed by atoms with E-state index in [-0.39, 0.29) is 12.0 Å². The van der Waals surface area contributed by atoms with Crippen LogP contribution in [0.15, 0.2) is 24.3 Å². The van der Waals surface area contributed by atoms with Crippen LogP contribution in [0.5, 0.6) is 5.75 Å². The number of benzene rings is 1. The van der Waals surface area contributed by atoms with Crippen molar-refractivity contribution in [2.45, 2.75) is 31.2 Å². The van der Waals surface area contributed by atoms with Crippen LogP contribution in [0.2, 0.25) is 0 Å². The van der Waals surface area contributed by atoms with Gasteiger partial charge in [0.2, 0.25) is 0 Å². The molecule has 2 unspecified atom stereocenters. The molecule has 0 amide bonds. The fraction of sp³-hybridized carbons (Fsp3) is 0.500. The van der Waals surface area contributed by atoms with Crippen LogP contribution in [0.4, 0.5) is 17.6 Å². The molecule has 0 aliphatic heterocycles. The third-order valence-electron chi connectivity index (χ3n) is 2.48. The van der Waals surface area contributed by atoms with Gasteiger partial charge in [-0.05, 0) is 24.1 Å². The van der Waals surface area contributed by atoms with Gasteiger partial charge in [0.1, 0.15) is 11.9 Å². The minimum absolute atomic E-state index is 0.0982. The second-order valence-corrected chi connectivity index (χ2v) is 4.82. The maximum Gasteiger partial charge on any atom is 0.461 e. The van der Waals surface area contributed by atoms with Crippen LogP contribution < -0.4 is 4.74 Å². The Kier molecular flexibility index (Phi) is 6.22. The minimum atomic E-state index is -4.61. The number of aliphatic hydroxyl groups excluding tert-OH is 2. The summed E-state index contributed by atoms with van der Waals surface area (Å²) in [7, 11) is 0. The Morgan fingerprint density at radius 2 is 1.90 bits per heavy atom. The molecule has 0 bridgehead atoms. The largest absolute Gasteiger partial charge is 0.461 e. The number of halogens is 5. The molecule has 1 aromatic rings. The van der Waals surface area contributed by atoms with Gasteiger partial charge in [-0.15, -0.1) is 0 Å².